The maximum atomic E-state index is 13.0. The van der Waals surface area contributed by atoms with Crippen LogP contribution >= 0.6 is 11.6 Å². The van der Waals surface area contributed by atoms with Gasteiger partial charge in [-0.3, -0.25) is 14.7 Å². The topological polar surface area (TPSA) is 90.8 Å². The lowest BCUT2D eigenvalue weighted by molar-refractivity contribution is -0.123. The zero-order chi connectivity index (χ0) is 25.6. The van der Waals surface area contributed by atoms with E-state index in [1.165, 1.54) is 0 Å². The van der Waals surface area contributed by atoms with Crippen LogP contribution in [0.25, 0.3) is 10.8 Å². The van der Waals surface area contributed by atoms with E-state index in [1.807, 2.05) is 30.3 Å². The number of carbonyl (C=O) groups excluding carboxylic acids is 1. The van der Waals surface area contributed by atoms with Gasteiger partial charge in [-0.1, -0.05) is 17.7 Å². The van der Waals surface area contributed by atoms with Gasteiger partial charge in [-0.25, -0.2) is 4.98 Å². The molecular weight excluding hydrogens is 490 g/mol. The molecule has 6 rings (SSSR count). The number of amides is 1. The normalized spacial score (nSPS) is 28.3. The fourth-order valence-electron chi connectivity index (χ4n) is 5.86. The second-order valence-corrected chi connectivity index (χ2v) is 11.0. The van der Waals surface area contributed by atoms with Gasteiger partial charge >= 0.3 is 0 Å². The molecule has 8 nitrogen and oxygen atoms in total. The van der Waals surface area contributed by atoms with E-state index in [2.05, 4.69) is 38.1 Å². The number of nitrogens with one attached hydrogen (secondary N) is 1. The van der Waals surface area contributed by atoms with Crippen molar-refractivity contribution in [2.45, 2.75) is 37.3 Å². The molecule has 3 aliphatic rings. The first-order chi connectivity index (χ1) is 17.9. The third kappa shape index (κ3) is 4.56. The van der Waals surface area contributed by atoms with Crippen molar-refractivity contribution in [3.05, 3.63) is 59.5 Å². The van der Waals surface area contributed by atoms with E-state index in [9.17, 15) is 9.90 Å². The average Bonchev–Trinajstić information content (AvgIpc) is 3.23. The number of ether oxygens (including phenoxy) is 1. The highest BCUT2D eigenvalue weighted by atomic mass is 35.5. The predicted octanol–water partition coefficient (Wildman–Crippen LogP) is 3.69. The molecule has 2 saturated heterocycles. The highest BCUT2D eigenvalue weighted by Gasteiger charge is 2.44. The molecule has 37 heavy (non-hydrogen) atoms. The van der Waals surface area contributed by atoms with Gasteiger partial charge < -0.3 is 20.1 Å². The molecule has 3 aromatic rings. The molecule has 194 valence electrons. The summed E-state index contributed by atoms with van der Waals surface area (Å²) in [7, 11) is 0. The van der Waals surface area contributed by atoms with Crippen molar-refractivity contribution in [3.8, 4) is 0 Å². The molecule has 4 heterocycles. The molecule has 0 bridgehead atoms. The lowest BCUT2D eigenvalue weighted by atomic mass is 9.71. The van der Waals surface area contributed by atoms with Gasteiger partial charge in [-0.2, -0.15) is 0 Å². The molecule has 1 aromatic carbocycles. The van der Waals surface area contributed by atoms with Crippen molar-refractivity contribution in [1.29, 1.82) is 0 Å². The Morgan fingerprint density at radius 2 is 1.97 bits per heavy atom. The van der Waals surface area contributed by atoms with Crippen LogP contribution in [-0.4, -0.2) is 76.9 Å². The zero-order valence-electron chi connectivity index (χ0n) is 20.9. The van der Waals surface area contributed by atoms with Gasteiger partial charge in [0.2, 0.25) is 5.91 Å². The number of carbonyl (C=O) groups is 1. The summed E-state index contributed by atoms with van der Waals surface area (Å²) in [6.07, 6.45) is 4.90. The summed E-state index contributed by atoms with van der Waals surface area (Å²) in [6.45, 7) is 6.27. The second-order valence-electron chi connectivity index (χ2n) is 10.6. The Hall–Kier alpha value is -2.78. The second kappa shape index (κ2) is 9.83. The molecule has 1 aliphatic carbocycles. The minimum Gasteiger partial charge on any atom is -0.389 e. The molecule has 9 heteroatoms. The third-order valence-corrected chi connectivity index (χ3v) is 8.75. The maximum Gasteiger partial charge on any atom is 0.229 e. The summed E-state index contributed by atoms with van der Waals surface area (Å²) in [5, 5.41) is 16.0. The van der Waals surface area contributed by atoms with Gasteiger partial charge in [0.1, 0.15) is 5.82 Å². The van der Waals surface area contributed by atoms with Crippen LogP contribution in [0.1, 0.15) is 31.4 Å². The van der Waals surface area contributed by atoms with Crippen LogP contribution < -0.4 is 10.2 Å². The fraction of sp³-hybridized carbons (Fsp3) is 0.464. The van der Waals surface area contributed by atoms with Crippen LogP contribution in [0.5, 0.6) is 0 Å². The number of aromatic nitrogens is 2. The first-order valence-corrected chi connectivity index (χ1v) is 13.4. The molecule has 0 unspecified atom stereocenters. The van der Waals surface area contributed by atoms with Gasteiger partial charge in [-0.15, -0.1) is 0 Å². The third-order valence-electron chi connectivity index (χ3n) is 8.45. The Balaban J connectivity index is 1.16. The summed E-state index contributed by atoms with van der Waals surface area (Å²) in [5.74, 6) is 0.607. The number of anilines is 2. The summed E-state index contributed by atoms with van der Waals surface area (Å²) in [4.78, 5) is 26.6. The number of nitrogens with zero attached hydrogens (tertiary/aromatic N) is 4. The molecular formula is C28H32ClN5O3. The SMILES string of the molecule is C[C@@]1(N2CCN(c3cc4cc(NC(=O)[C@H]5CC[C@@H]5c5ccccn5)ncc4cc3Cl)CC2)COC[C@@H]1O. The first kappa shape index (κ1) is 24.6. The number of halogens is 1. The fourth-order valence-corrected chi connectivity index (χ4v) is 6.15. The summed E-state index contributed by atoms with van der Waals surface area (Å²) in [6, 6.07) is 11.8. The van der Waals surface area contributed by atoms with Gasteiger partial charge in [0, 0.05) is 61.5 Å². The average molecular weight is 522 g/mol. The molecule has 4 atom stereocenters. The smallest absolute Gasteiger partial charge is 0.229 e. The van der Waals surface area contributed by atoms with E-state index in [0.29, 0.717) is 24.1 Å². The molecule has 0 spiro atoms. The van der Waals surface area contributed by atoms with E-state index in [1.54, 1.807) is 12.4 Å². The highest BCUT2D eigenvalue weighted by Crippen LogP contribution is 2.42. The Labute approximate surface area is 221 Å². The zero-order valence-corrected chi connectivity index (χ0v) is 21.7. The molecule has 2 aromatic heterocycles. The van der Waals surface area contributed by atoms with Crippen LogP contribution in [0.3, 0.4) is 0 Å². The van der Waals surface area contributed by atoms with Crippen molar-refractivity contribution in [2.75, 3.05) is 49.6 Å². The van der Waals surface area contributed by atoms with Crippen LogP contribution in [0.2, 0.25) is 5.02 Å². The van der Waals surface area contributed by atoms with Crippen molar-refractivity contribution in [2.24, 2.45) is 5.92 Å². The minimum atomic E-state index is -0.469. The largest absolute Gasteiger partial charge is 0.389 e. The van der Waals surface area contributed by atoms with Crippen molar-refractivity contribution < 1.29 is 14.6 Å². The number of benzene rings is 1. The highest BCUT2D eigenvalue weighted by molar-refractivity contribution is 6.34. The number of aliphatic hydroxyl groups is 1. The van der Waals surface area contributed by atoms with Crippen molar-refractivity contribution in [1.82, 2.24) is 14.9 Å². The molecule has 0 radical (unpaired) electrons. The molecule has 1 saturated carbocycles. The van der Waals surface area contributed by atoms with Crippen LogP contribution in [0, 0.1) is 5.92 Å². The monoisotopic (exact) mass is 521 g/mol. The number of aliphatic hydroxyl groups excluding tert-OH is 1. The molecule has 2 N–H and O–H groups in total. The minimum absolute atomic E-state index is 0.00867. The Bertz CT molecular complexity index is 1300. The van der Waals surface area contributed by atoms with E-state index < -0.39 is 6.10 Å². The number of fused-ring (bicyclic) bond motifs is 1. The van der Waals surface area contributed by atoms with Crippen LogP contribution in [-0.2, 0) is 9.53 Å². The molecule has 2 aliphatic heterocycles. The Morgan fingerprint density at radius 3 is 2.65 bits per heavy atom. The van der Waals surface area contributed by atoms with Gasteiger partial charge in [0.25, 0.3) is 0 Å². The number of piperazine rings is 1. The summed E-state index contributed by atoms with van der Waals surface area (Å²) in [5.41, 5.74) is 1.61. The standard InChI is InChI=1S/C28H32ClN5O3/c1-28(17-37-16-25(28)35)34-10-8-33(9-11-34)24-13-18-14-26(31-15-19(18)12-22(24)29)32-27(36)21-6-5-20(21)23-4-2-3-7-30-23/h2-4,7,12-15,20-21,25,35H,5-6,8-11,16-17H2,1H3,(H,31,32,36)/t20-,21-,25-,28+/m0/s1. The number of pyridine rings is 2. The van der Waals surface area contributed by atoms with Gasteiger partial charge in [0.15, 0.2) is 0 Å². The van der Waals surface area contributed by atoms with Crippen LogP contribution in [0.15, 0.2) is 48.8 Å². The first-order valence-electron chi connectivity index (χ1n) is 13.0. The number of hydrogen-bond acceptors (Lipinski definition) is 7. The molecule has 1 amide bonds. The summed E-state index contributed by atoms with van der Waals surface area (Å²) < 4.78 is 5.53. The Kier molecular flexibility index (Phi) is 6.52. The van der Waals surface area contributed by atoms with Crippen molar-refractivity contribution >= 4 is 39.8 Å². The summed E-state index contributed by atoms with van der Waals surface area (Å²) >= 11 is 6.70. The predicted molar refractivity (Wildman–Crippen MR) is 144 cm³/mol. The van der Waals surface area contributed by atoms with Crippen LogP contribution in [0.4, 0.5) is 11.5 Å². The van der Waals surface area contributed by atoms with Crippen molar-refractivity contribution in [3.63, 3.8) is 0 Å². The number of hydrogen-bond donors (Lipinski definition) is 2. The lowest BCUT2D eigenvalue weighted by Crippen LogP contribution is -2.60. The van der Waals surface area contributed by atoms with Gasteiger partial charge in [-0.05, 0) is 55.5 Å². The molecule has 3 fully saturated rings. The lowest BCUT2D eigenvalue weighted by Gasteiger charge is -2.45. The van der Waals surface area contributed by atoms with Gasteiger partial charge in [0.05, 0.1) is 35.6 Å². The van der Waals surface area contributed by atoms with E-state index in [4.69, 9.17) is 16.3 Å². The van der Waals surface area contributed by atoms with E-state index >= 15 is 0 Å². The van der Waals surface area contributed by atoms with E-state index in [-0.39, 0.29) is 23.3 Å². The quantitative estimate of drug-likeness (QED) is 0.529. The maximum absolute atomic E-state index is 13.0. The Morgan fingerprint density at radius 1 is 1.14 bits per heavy atom. The number of rotatable bonds is 5. The van der Waals surface area contributed by atoms with E-state index in [0.717, 1.165) is 61.2 Å².